The van der Waals surface area contributed by atoms with E-state index < -0.39 is 53.4 Å². The third-order valence-corrected chi connectivity index (χ3v) is 6.25. The maximum absolute atomic E-state index is 12.1. The third-order valence-electron chi connectivity index (χ3n) is 6.25. The largest absolute Gasteiger partial charge is 0.457 e. The predicted octanol–water partition coefficient (Wildman–Crippen LogP) is -1.53. The van der Waals surface area contributed by atoms with Crippen molar-refractivity contribution < 1.29 is 35.1 Å². The zero-order valence-corrected chi connectivity index (χ0v) is 12.6. The van der Waals surface area contributed by atoms with Gasteiger partial charge in [0, 0.05) is 6.42 Å². The number of hydrogen-bond donors (Lipinski definition) is 5. The number of ether oxygens (including phenoxy) is 1. The Balaban J connectivity index is 2.30. The van der Waals surface area contributed by atoms with Gasteiger partial charge in [-0.15, -0.1) is 0 Å². The fourth-order valence-electron chi connectivity index (χ4n) is 4.64. The summed E-state index contributed by atoms with van der Waals surface area (Å²) in [5, 5.41) is 52.0. The van der Waals surface area contributed by atoms with Gasteiger partial charge in [-0.2, -0.15) is 0 Å². The molecular formula is C15H22O7. The molecule has 22 heavy (non-hydrogen) atoms. The number of aliphatic hydroxyl groups excluding tert-OH is 3. The van der Waals surface area contributed by atoms with Crippen LogP contribution in [0.15, 0.2) is 11.6 Å². The Bertz CT molecular complexity index is 546. The average molecular weight is 314 g/mol. The highest BCUT2D eigenvalue weighted by Crippen LogP contribution is 2.66. The fourth-order valence-corrected chi connectivity index (χ4v) is 4.64. The maximum atomic E-state index is 12.1. The smallest absolute Gasteiger partial charge is 0.336 e. The normalized spacial score (nSPS) is 49.4. The minimum Gasteiger partial charge on any atom is -0.457 e. The summed E-state index contributed by atoms with van der Waals surface area (Å²) in [7, 11) is 0. The van der Waals surface area contributed by atoms with Gasteiger partial charge < -0.3 is 30.3 Å². The standard InChI is InChI=1S/C15H22O7/c1-12(20)4-3-8-14(6-16,7-17)13(2,21)9-5-15(8,12)10(18)11(19)22-9/h3,9-10,16-18,20-21H,4-7H2,1-2H3/t9-,10+,12+,13+,15-/m1/s1. The summed E-state index contributed by atoms with van der Waals surface area (Å²) in [5.41, 5.74) is -5.70. The van der Waals surface area contributed by atoms with E-state index in [1.54, 1.807) is 6.08 Å². The van der Waals surface area contributed by atoms with Gasteiger partial charge in [0.25, 0.3) is 0 Å². The Morgan fingerprint density at radius 1 is 1.27 bits per heavy atom. The second-order valence-corrected chi connectivity index (χ2v) is 7.15. The molecule has 1 heterocycles. The highest BCUT2D eigenvalue weighted by Gasteiger charge is 2.75. The summed E-state index contributed by atoms with van der Waals surface area (Å²) < 4.78 is 5.14. The Labute approximate surface area is 127 Å². The first-order valence-electron chi connectivity index (χ1n) is 7.37. The summed E-state index contributed by atoms with van der Waals surface area (Å²) >= 11 is 0. The van der Waals surface area contributed by atoms with Gasteiger partial charge in [0.1, 0.15) is 11.7 Å². The van der Waals surface area contributed by atoms with Crippen LogP contribution in [0.1, 0.15) is 26.7 Å². The number of carbonyl (C=O) groups is 1. The van der Waals surface area contributed by atoms with E-state index in [9.17, 15) is 30.3 Å². The maximum Gasteiger partial charge on any atom is 0.336 e. The van der Waals surface area contributed by atoms with Crippen molar-refractivity contribution in [2.75, 3.05) is 13.2 Å². The third kappa shape index (κ3) is 1.42. The molecule has 2 fully saturated rings. The van der Waals surface area contributed by atoms with Crippen LogP contribution in [0, 0.1) is 10.8 Å². The molecule has 0 radical (unpaired) electrons. The van der Waals surface area contributed by atoms with Gasteiger partial charge in [-0.1, -0.05) is 6.08 Å². The molecule has 0 aromatic rings. The molecule has 1 spiro atoms. The molecule has 3 aliphatic rings. The topological polar surface area (TPSA) is 127 Å². The number of carbonyl (C=O) groups excluding carboxylic acids is 1. The van der Waals surface area contributed by atoms with Gasteiger partial charge in [0.2, 0.25) is 0 Å². The van der Waals surface area contributed by atoms with Gasteiger partial charge in [0.15, 0.2) is 6.10 Å². The van der Waals surface area contributed by atoms with Crippen LogP contribution in [0.25, 0.3) is 0 Å². The van der Waals surface area contributed by atoms with Crippen molar-refractivity contribution in [1.82, 2.24) is 0 Å². The lowest BCUT2D eigenvalue weighted by Gasteiger charge is -2.63. The molecule has 2 aliphatic carbocycles. The monoisotopic (exact) mass is 314 g/mol. The van der Waals surface area contributed by atoms with E-state index in [2.05, 4.69) is 0 Å². The van der Waals surface area contributed by atoms with Gasteiger partial charge in [0.05, 0.1) is 29.6 Å². The first-order valence-corrected chi connectivity index (χ1v) is 7.37. The number of fused-ring (bicyclic) bond motifs is 1. The molecule has 1 saturated carbocycles. The van der Waals surface area contributed by atoms with Crippen LogP contribution in [0.4, 0.5) is 0 Å². The molecule has 0 unspecified atom stereocenters. The molecule has 5 N–H and O–H groups in total. The van der Waals surface area contributed by atoms with Crippen molar-refractivity contribution in [3.8, 4) is 0 Å². The number of rotatable bonds is 2. The molecule has 0 aromatic heterocycles. The molecule has 0 aromatic carbocycles. The van der Waals surface area contributed by atoms with E-state index in [4.69, 9.17) is 4.74 Å². The van der Waals surface area contributed by atoms with Crippen molar-refractivity contribution in [3.63, 3.8) is 0 Å². The molecule has 124 valence electrons. The van der Waals surface area contributed by atoms with Crippen LogP contribution in [0.2, 0.25) is 0 Å². The minimum atomic E-state index is -1.72. The fraction of sp³-hybridized carbons (Fsp3) is 0.800. The zero-order valence-electron chi connectivity index (χ0n) is 12.6. The summed E-state index contributed by atoms with van der Waals surface area (Å²) in [6.07, 6.45) is -0.852. The van der Waals surface area contributed by atoms with E-state index in [1.165, 1.54) is 13.8 Å². The van der Waals surface area contributed by atoms with Crippen molar-refractivity contribution in [2.24, 2.45) is 10.8 Å². The highest BCUT2D eigenvalue weighted by molar-refractivity contribution is 5.79. The van der Waals surface area contributed by atoms with Gasteiger partial charge in [-0.05, 0) is 25.8 Å². The van der Waals surface area contributed by atoms with E-state index in [1.807, 2.05) is 0 Å². The predicted molar refractivity (Wildman–Crippen MR) is 73.5 cm³/mol. The van der Waals surface area contributed by atoms with Crippen molar-refractivity contribution in [2.45, 2.75) is 50.1 Å². The van der Waals surface area contributed by atoms with Crippen molar-refractivity contribution in [1.29, 1.82) is 0 Å². The lowest BCUT2D eigenvalue weighted by atomic mass is 9.47. The molecule has 1 aliphatic heterocycles. The number of aliphatic hydroxyl groups is 5. The Morgan fingerprint density at radius 2 is 1.86 bits per heavy atom. The summed E-state index contributed by atoms with van der Waals surface area (Å²) in [5.74, 6) is -0.908. The van der Waals surface area contributed by atoms with Crippen LogP contribution in [0.3, 0.4) is 0 Å². The second kappa shape index (κ2) is 4.30. The molecular weight excluding hydrogens is 292 g/mol. The Morgan fingerprint density at radius 3 is 2.41 bits per heavy atom. The van der Waals surface area contributed by atoms with Crippen LogP contribution >= 0.6 is 0 Å². The van der Waals surface area contributed by atoms with E-state index in [0.717, 1.165) is 0 Å². The van der Waals surface area contributed by atoms with Gasteiger partial charge >= 0.3 is 5.97 Å². The van der Waals surface area contributed by atoms with E-state index in [0.29, 0.717) is 5.57 Å². The quantitative estimate of drug-likeness (QED) is 0.309. The first-order chi connectivity index (χ1) is 10.1. The zero-order chi connectivity index (χ0) is 16.6. The number of esters is 1. The summed E-state index contributed by atoms with van der Waals surface area (Å²) in [6, 6.07) is 0. The molecule has 2 bridgehead atoms. The van der Waals surface area contributed by atoms with E-state index in [-0.39, 0.29) is 12.8 Å². The first kappa shape index (κ1) is 15.9. The van der Waals surface area contributed by atoms with Gasteiger partial charge in [-0.25, -0.2) is 4.79 Å². The summed E-state index contributed by atoms with van der Waals surface area (Å²) in [6.45, 7) is 1.71. The molecule has 7 nitrogen and oxygen atoms in total. The average Bonchev–Trinajstić information content (AvgIpc) is 2.71. The Kier molecular flexibility index (Phi) is 3.11. The van der Waals surface area contributed by atoms with E-state index >= 15 is 0 Å². The van der Waals surface area contributed by atoms with Crippen molar-refractivity contribution >= 4 is 5.97 Å². The highest BCUT2D eigenvalue weighted by atomic mass is 16.6. The molecule has 0 amide bonds. The molecule has 5 atom stereocenters. The lowest BCUT2D eigenvalue weighted by molar-refractivity contribution is -0.268. The van der Waals surface area contributed by atoms with Crippen LogP contribution in [-0.2, 0) is 9.53 Å². The minimum absolute atomic E-state index is 0.0352. The molecule has 3 rings (SSSR count). The van der Waals surface area contributed by atoms with Crippen LogP contribution in [-0.4, -0.2) is 68.1 Å². The Hall–Kier alpha value is -0.990. The van der Waals surface area contributed by atoms with Crippen LogP contribution < -0.4 is 0 Å². The molecule has 7 heteroatoms. The van der Waals surface area contributed by atoms with Crippen LogP contribution in [0.5, 0.6) is 0 Å². The number of hydrogen-bond acceptors (Lipinski definition) is 7. The second-order valence-electron chi connectivity index (χ2n) is 7.15. The lowest BCUT2D eigenvalue weighted by Crippen LogP contribution is -2.74. The van der Waals surface area contributed by atoms with Crippen molar-refractivity contribution in [3.05, 3.63) is 11.6 Å². The molecule has 1 saturated heterocycles. The van der Waals surface area contributed by atoms with Gasteiger partial charge in [-0.3, -0.25) is 0 Å². The summed E-state index contributed by atoms with van der Waals surface area (Å²) in [4.78, 5) is 12.1. The SMILES string of the molecule is C[C@]1(O)[C@H]2C[C@@]3(C(=CC[C@]3(C)O)C1(CO)CO)[C@@H](O)C(=O)O2.